The number of carboxylic acids is 1. The van der Waals surface area contributed by atoms with Crippen molar-refractivity contribution >= 4 is 5.97 Å². The lowest BCUT2D eigenvalue weighted by atomic mass is 9.97. The Morgan fingerprint density at radius 2 is 2.15 bits per heavy atom. The van der Waals surface area contributed by atoms with E-state index >= 15 is 0 Å². The minimum atomic E-state index is -4.35. The fourth-order valence-corrected chi connectivity index (χ4v) is 2.50. The van der Waals surface area contributed by atoms with Crippen molar-refractivity contribution in [3.63, 3.8) is 0 Å². The molecule has 1 N–H and O–H groups in total. The lowest BCUT2D eigenvalue weighted by molar-refractivity contribution is -0.143. The molecule has 0 spiro atoms. The molecule has 0 aliphatic carbocycles. The SMILES string of the molecule is O=C(O)C1CCCN(Cc2cccc(C(F)(F)F)c2)C1. The summed E-state index contributed by atoms with van der Waals surface area (Å²) in [5.74, 6) is -1.26. The second-order valence-electron chi connectivity index (χ2n) is 5.11. The molecular formula is C14H16F3NO2. The third-order valence-electron chi connectivity index (χ3n) is 3.52. The van der Waals surface area contributed by atoms with Crippen LogP contribution in [0.15, 0.2) is 24.3 Å². The van der Waals surface area contributed by atoms with Crippen molar-refractivity contribution in [3.05, 3.63) is 35.4 Å². The summed E-state index contributed by atoms with van der Waals surface area (Å²) in [5.41, 5.74) is -0.104. The standard InChI is InChI=1S/C14H16F3NO2/c15-14(16,17)12-5-1-3-10(7-12)8-18-6-2-4-11(9-18)13(19)20/h1,3,5,7,11H,2,4,6,8-9H2,(H,19,20). The molecule has 1 heterocycles. The van der Waals surface area contributed by atoms with E-state index in [0.29, 0.717) is 25.1 Å². The van der Waals surface area contributed by atoms with Gasteiger partial charge in [0.15, 0.2) is 0 Å². The molecule has 6 heteroatoms. The Balaban J connectivity index is 2.04. The fourth-order valence-electron chi connectivity index (χ4n) is 2.50. The molecule has 0 amide bonds. The first-order chi connectivity index (χ1) is 9.36. The molecule has 1 unspecified atom stereocenters. The fraction of sp³-hybridized carbons (Fsp3) is 0.500. The van der Waals surface area contributed by atoms with E-state index in [1.54, 1.807) is 6.07 Å². The topological polar surface area (TPSA) is 40.5 Å². The maximum atomic E-state index is 12.6. The molecule has 2 rings (SSSR count). The van der Waals surface area contributed by atoms with Crippen LogP contribution in [0.3, 0.4) is 0 Å². The van der Waals surface area contributed by atoms with Gasteiger partial charge in [0.25, 0.3) is 0 Å². The number of rotatable bonds is 3. The molecule has 0 bridgehead atoms. The van der Waals surface area contributed by atoms with Crippen LogP contribution >= 0.6 is 0 Å². The molecule has 0 saturated carbocycles. The van der Waals surface area contributed by atoms with Gasteiger partial charge >= 0.3 is 12.1 Å². The number of carbonyl (C=O) groups is 1. The van der Waals surface area contributed by atoms with E-state index in [1.165, 1.54) is 6.07 Å². The molecule has 1 aliphatic rings. The molecular weight excluding hydrogens is 271 g/mol. The summed E-state index contributed by atoms with van der Waals surface area (Å²) in [7, 11) is 0. The van der Waals surface area contributed by atoms with Gasteiger partial charge in [-0.3, -0.25) is 9.69 Å². The van der Waals surface area contributed by atoms with E-state index in [4.69, 9.17) is 5.11 Å². The van der Waals surface area contributed by atoms with E-state index in [-0.39, 0.29) is 0 Å². The van der Waals surface area contributed by atoms with Gasteiger partial charge in [0.1, 0.15) is 0 Å². The van der Waals surface area contributed by atoms with Gasteiger partial charge in [-0.15, -0.1) is 0 Å². The first-order valence-corrected chi connectivity index (χ1v) is 6.47. The second-order valence-corrected chi connectivity index (χ2v) is 5.11. The van der Waals surface area contributed by atoms with Gasteiger partial charge in [-0.1, -0.05) is 18.2 Å². The van der Waals surface area contributed by atoms with Gasteiger partial charge in [0, 0.05) is 13.1 Å². The van der Waals surface area contributed by atoms with Gasteiger partial charge in [0.05, 0.1) is 11.5 Å². The number of hydrogen-bond donors (Lipinski definition) is 1. The number of halogens is 3. The predicted molar refractivity (Wildman–Crippen MR) is 67.1 cm³/mol. The van der Waals surface area contributed by atoms with Crippen molar-refractivity contribution < 1.29 is 23.1 Å². The average Bonchev–Trinajstić information content (AvgIpc) is 2.38. The van der Waals surface area contributed by atoms with Crippen molar-refractivity contribution in [2.45, 2.75) is 25.6 Å². The molecule has 1 saturated heterocycles. The summed E-state index contributed by atoms with van der Waals surface area (Å²) in [6, 6.07) is 5.19. The minimum absolute atomic E-state index is 0.355. The van der Waals surface area contributed by atoms with Gasteiger partial charge in [0.2, 0.25) is 0 Å². The van der Waals surface area contributed by atoms with E-state index < -0.39 is 23.6 Å². The van der Waals surface area contributed by atoms with Crippen LogP contribution in [-0.2, 0) is 17.5 Å². The lowest BCUT2D eigenvalue weighted by Gasteiger charge is -2.30. The zero-order chi connectivity index (χ0) is 14.8. The van der Waals surface area contributed by atoms with Crippen LogP contribution in [0.25, 0.3) is 0 Å². The van der Waals surface area contributed by atoms with E-state index in [9.17, 15) is 18.0 Å². The highest BCUT2D eigenvalue weighted by molar-refractivity contribution is 5.70. The van der Waals surface area contributed by atoms with Crippen LogP contribution in [0, 0.1) is 5.92 Å². The number of piperidine rings is 1. The average molecular weight is 287 g/mol. The summed E-state index contributed by atoms with van der Waals surface area (Å²) in [6.45, 7) is 1.47. The quantitative estimate of drug-likeness (QED) is 0.929. The Kier molecular flexibility index (Phi) is 4.32. The Labute approximate surface area is 115 Å². The molecule has 1 aromatic carbocycles. The van der Waals surface area contributed by atoms with E-state index in [1.807, 2.05) is 4.90 Å². The molecule has 110 valence electrons. The lowest BCUT2D eigenvalue weighted by Crippen LogP contribution is -2.38. The summed E-state index contributed by atoms with van der Waals surface area (Å²) in [5, 5.41) is 9.00. The van der Waals surface area contributed by atoms with Crippen molar-refractivity contribution in [1.29, 1.82) is 0 Å². The van der Waals surface area contributed by atoms with Crippen LogP contribution in [0.5, 0.6) is 0 Å². The maximum absolute atomic E-state index is 12.6. The van der Waals surface area contributed by atoms with Crippen LogP contribution < -0.4 is 0 Å². The Morgan fingerprint density at radius 3 is 2.80 bits per heavy atom. The molecule has 1 aliphatic heterocycles. The van der Waals surface area contributed by atoms with Gasteiger partial charge < -0.3 is 5.11 Å². The number of likely N-dealkylation sites (tertiary alicyclic amines) is 1. The van der Waals surface area contributed by atoms with E-state index in [2.05, 4.69) is 0 Å². The molecule has 1 aromatic rings. The third-order valence-corrected chi connectivity index (χ3v) is 3.52. The highest BCUT2D eigenvalue weighted by Gasteiger charge is 2.31. The van der Waals surface area contributed by atoms with Crippen molar-refractivity contribution in [2.75, 3.05) is 13.1 Å². The third kappa shape index (κ3) is 3.72. The van der Waals surface area contributed by atoms with E-state index in [0.717, 1.165) is 25.1 Å². The number of carboxylic acid groups (broad SMARTS) is 1. The predicted octanol–water partition coefficient (Wildman–Crippen LogP) is 3.00. The first-order valence-electron chi connectivity index (χ1n) is 6.47. The zero-order valence-corrected chi connectivity index (χ0v) is 10.9. The molecule has 20 heavy (non-hydrogen) atoms. The Hall–Kier alpha value is -1.56. The second kappa shape index (κ2) is 5.83. The highest BCUT2D eigenvalue weighted by atomic mass is 19.4. The largest absolute Gasteiger partial charge is 0.481 e. The zero-order valence-electron chi connectivity index (χ0n) is 10.9. The number of benzene rings is 1. The van der Waals surface area contributed by atoms with Crippen LogP contribution in [-0.4, -0.2) is 29.1 Å². The van der Waals surface area contributed by atoms with Crippen LogP contribution in [0.1, 0.15) is 24.0 Å². The number of aliphatic carboxylic acids is 1. The number of hydrogen-bond acceptors (Lipinski definition) is 2. The monoisotopic (exact) mass is 287 g/mol. The van der Waals surface area contributed by atoms with Crippen molar-refractivity contribution in [2.24, 2.45) is 5.92 Å². The van der Waals surface area contributed by atoms with Crippen LogP contribution in [0.4, 0.5) is 13.2 Å². The van der Waals surface area contributed by atoms with Gasteiger partial charge in [-0.25, -0.2) is 0 Å². The molecule has 3 nitrogen and oxygen atoms in total. The molecule has 1 atom stereocenters. The molecule has 0 radical (unpaired) electrons. The van der Waals surface area contributed by atoms with Gasteiger partial charge in [-0.2, -0.15) is 13.2 Å². The number of alkyl halides is 3. The molecule has 1 fully saturated rings. The minimum Gasteiger partial charge on any atom is -0.481 e. The highest BCUT2D eigenvalue weighted by Crippen LogP contribution is 2.30. The van der Waals surface area contributed by atoms with Gasteiger partial charge in [-0.05, 0) is 31.0 Å². The summed E-state index contributed by atoms with van der Waals surface area (Å²) in [4.78, 5) is 12.9. The van der Waals surface area contributed by atoms with Crippen molar-refractivity contribution in [3.8, 4) is 0 Å². The Bertz CT molecular complexity index is 488. The number of nitrogens with zero attached hydrogens (tertiary/aromatic N) is 1. The molecule has 0 aromatic heterocycles. The smallest absolute Gasteiger partial charge is 0.416 e. The normalized spacial score (nSPS) is 20.9. The Morgan fingerprint density at radius 1 is 1.40 bits per heavy atom. The maximum Gasteiger partial charge on any atom is 0.416 e. The summed E-state index contributed by atoms with van der Waals surface area (Å²) in [6.07, 6.45) is -2.95. The van der Waals surface area contributed by atoms with Crippen molar-refractivity contribution in [1.82, 2.24) is 4.90 Å². The first kappa shape index (κ1) is 14.8. The summed E-state index contributed by atoms with van der Waals surface area (Å²) >= 11 is 0. The summed E-state index contributed by atoms with van der Waals surface area (Å²) < 4.78 is 37.9. The van der Waals surface area contributed by atoms with Crippen LogP contribution in [0.2, 0.25) is 0 Å².